The highest BCUT2D eigenvalue weighted by Crippen LogP contribution is 2.13. The minimum atomic E-state index is -0.873. The van der Waals surface area contributed by atoms with E-state index >= 15 is 0 Å². The summed E-state index contributed by atoms with van der Waals surface area (Å²) in [4.78, 5) is 14.7. The highest BCUT2D eigenvalue weighted by atomic mass is 16.5. The van der Waals surface area contributed by atoms with Crippen LogP contribution in [0.4, 0.5) is 0 Å². The van der Waals surface area contributed by atoms with Gasteiger partial charge in [-0.3, -0.25) is 4.79 Å². The molecule has 0 radical (unpaired) electrons. The van der Waals surface area contributed by atoms with Crippen LogP contribution in [0, 0.1) is 0 Å². The van der Waals surface area contributed by atoms with Gasteiger partial charge in [0.05, 0.1) is 0 Å². The molecule has 5 nitrogen and oxygen atoms in total. The van der Waals surface area contributed by atoms with Gasteiger partial charge in [0.2, 0.25) is 0 Å². The molecule has 0 saturated carbocycles. The van der Waals surface area contributed by atoms with Crippen molar-refractivity contribution in [3.8, 4) is 5.75 Å². The Hall–Kier alpha value is -2.78. The summed E-state index contributed by atoms with van der Waals surface area (Å²) in [6, 6.07) is 17.2. The van der Waals surface area contributed by atoms with E-state index in [0.717, 1.165) is 5.56 Å². The van der Waals surface area contributed by atoms with Crippen molar-refractivity contribution < 1.29 is 9.53 Å². The molecule has 0 N–H and O–H groups in total. The van der Waals surface area contributed by atoms with Gasteiger partial charge in [-0.2, -0.15) is 0 Å². The van der Waals surface area contributed by atoms with Crippen LogP contribution < -0.4 is 4.74 Å². The summed E-state index contributed by atoms with van der Waals surface area (Å²) in [5.74, 6) is -0.124. The first-order chi connectivity index (χ1) is 9.79. The smallest absolute Gasteiger partial charge is 0.320 e. The second-order valence-electron chi connectivity index (χ2n) is 4.14. The molecule has 0 heterocycles. The SMILES string of the molecule is [N-]=[N+]=NC(Cc1ccccc1)C(=O)Oc1ccccc1. The van der Waals surface area contributed by atoms with Crippen LogP contribution >= 0.6 is 0 Å². The van der Waals surface area contributed by atoms with E-state index in [4.69, 9.17) is 10.3 Å². The van der Waals surface area contributed by atoms with Crippen LogP contribution in [0.15, 0.2) is 65.8 Å². The minimum Gasteiger partial charge on any atom is -0.426 e. The van der Waals surface area contributed by atoms with E-state index in [1.807, 2.05) is 36.4 Å². The zero-order valence-corrected chi connectivity index (χ0v) is 10.7. The van der Waals surface area contributed by atoms with Crippen molar-refractivity contribution in [1.82, 2.24) is 0 Å². The standard InChI is InChI=1S/C15H13N3O2/c16-18-17-14(11-12-7-3-1-4-8-12)15(19)20-13-9-5-2-6-10-13/h1-10,14H,11H2. The Morgan fingerprint density at radius 3 is 2.30 bits per heavy atom. The third kappa shape index (κ3) is 3.86. The number of carbonyl (C=O) groups excluding carboxylic acids is 1. The average Bonchev–Trinajstić information content (AvgIpc) is 2.49. The number of ether oxygens (including phenoxy) is 1. The molecular weight excluding hydrogens is 254 g/mol. The molecule has 5 heteroatoms. The van der Waals surface area contributed by atoms with Crippen molar-refractivity contribution in [2.45, 2.75) is 12.5 Å². The fraction of sp³-hybridized carbons (Fsp3) is 0.133. The minimum absolute atomic E-state index is 0.316. The number of azide groups is 1. The monoisotopic (exact) mass is 267 g/mol. The molecule has 0 fully saturated rings. The summed E-state index contributed by atoms with van der Waals surface area (Å²) in [6.07, 6.45) is 0.316. The molecule has 1 atom stereocenters. The number of benzene rings is 2. The van der Waals surface area contributed by atoms with Crippen LogP contribution in [0.2, 0.25) is 0 Å². The molecule has 20 heavy (non-hydrogen) atoms. The molecule has 0 saturated heterocycles. The Morgan fingerprint density at radius 2 is 1.70 bits per heavy atom. The molecule has 100 valence electrons. The van der Waals surface area contributed by atoms with Gasteiger partial charge in [-0.15, -0.1) is 0 Å². The van der Waals surface area contributed by atoms with Crippen molar-refractivity contribution in [3.05, 3.63) is 76.7 Å². The second kappa shape index (κ2) is 6.97. The fourth-order valence-corrected chi connectivity index (χ4v) is 1.74. The summed E-state index contributed by atoms with van der Waals surface area (Å²) < 4.78 is 5.20. The third-order valence-electron chi connectivity index (χ3n) is 2.70. The number of hydrogen-bond donors (Lipinski definition) is 0. The predicted octanol–water partition coefficient (Wildman–Crippen LogP) is 3.51. The normalized spacial score (nSPS) is 11.2. The molecule has 2 aromatic carbocycles. The predicted molar refractivity (Wildman–Crippen MR) is 75.2 cm³/mol. The molecule has 2 aromatic rings. The fourth-order valence-electron chi connectivity index (χ4n) is 1.74. The van der Waals surface area contributed by atoms with Crippen molar-refractivity contribution in [3.63, 3.8) is 0 Å². The van der Waals surface area contributed by atoms with E-state index in [-0.39, 0.29) is 0 Å². The molecule has 0 amide bonds. The number of hydrogen-bond acceptors (Lipinski definition) is 3. The Morgan fingerprint density at radius 1 is 1.10 bits per heavy atom. The second-order valence-corrected chi connectivity index (χ2v) is 4.14. The summed E-state index contributed by atoms with van der Waals surface area (Å²) in [5.41, 5.74) is 9.49. The first kappa shape index (κ1) is 13.6. The quantitative estimate of drug-likeness (QED) is 0.273. The largest absolute Gasteiger partial charge is 0.426 e. The van der Waals surface area contributed by atoms with Gasteiger partial charge in [-0.05, 0) is 29.6 Å². The lowest BCUT2D eigenvalue weighted by Crippen LogP contribution is -2.25. The van der Waals surface area contributed by atoms with Crippen molar-refractivity contribution in [2.75, 3.05) is 0 Å². The van der Waals surface area contributed by atoms with Gasteiger partial charge >= 0.3 is 5.97 Å². The summed E-state index contributed by atoms with van der Waals surface area (Å²) >= 11 is 0. The van der Waals surface area contributed by atoms with Gasteiger partial charge in [0.1, 0.15) is 11.8 Å². The molecule has 0 bridgehead atoms. The third-order valence-corrected chi connectivity index (χ3v) is 2.70. The molecule has 2 rings (SSSR count). The van der Waals surface area contributed by atoms with Gasteiger partial charge in [0.25, 0.3) is 0 Å². The maximum absolute atomic E-state index is 12.0. The van der Waals surface area contributed by atoms with Crippen LogP contribution in [-0.4, -0.2) is 12.0 Å². The van der Waals surface area contributed by atoms with Crippen LogP contribution in [0.5, 0.6) is 5.75 Å². The van der Waals surface area contributed by atoms with Gasteiger partial charge in [0.15, 0.2) is 0 Å². The van der Waals surface area contributed by atoms with E-state index < -0.39 is 12.0 Å². The Kier molecular flexibility index (Phi) is 4.76. The van der Waals surface area contributed by atoms with E-state index in [2.05, 4.69) is 10.0 Å². The molecule has 0 aliphatic carbocycles. The highest BCUT2D eigenvalue weighted by Gasteiger charge is 2.19. The number of rotatable bonds is 5. The summed E-state index contributed by atoms with van der Waals surface area (Å²) in [7, 11) is 0. The van der Waals surface area contributed by atoms with Crippen LogP contribution in [0.25, 0.3) is 10.4 Å². The Balaban J connectivity index is 2.08. The molecule has 0 aliphatic rings. The molecular formula is C15H13N3O2. The summed E-state index contributed by atoms with van der Waals surface area (Å²) in [5, 5.41) is 3.52. The van der Waals surface area contributed by atoms with E-state index in [9.17, 15) is 4.79 Å². The lowest BCUT2D eigenvalue weighted by molar-refractivity contribution is -0.135. The number of esters is 1. The van der Waals surface area contributed by atoms with Crippen molar-refractivity contribution in [1.29, 1.82) is 0 Å². The summed E-state index contributed by atoms with van der Waals surface area (Å²) in [6.45, 7) is 0. The van der Waals surface area contributed by atoms with Gasteiger partial charge in [0, 0.05) is 4.91 Å². The lowest BCUT2D eigenvalue weighted by atomic mass is 10.1. The topological polar surface area (TPSA) is 75.1 Å². The van der Waals surface area contributed by atoms with Crippen molar-refractivity contribution >= 4 is 5.97 Å². The van der Waals surface area contributed by atoms with Crippen LogP contribution in [-0.2, 0) is 11.2 Å². The Labute approximate surface area is 116 Å². The maximum Gasteiger partial charge on any atom is 0.320 e. The maximum atomic E-state index is 12.0. The molecule has 0 aliphatic heterocycles. The lowest BCUT2D eigenvalue weighted by Gasteiger charge is -2.10. The molecule has 0 aromatic heterocycles. The zero-order valence-electron chi connectivity index (χ0n) is 10.7. The van der Waals surface area contributed by atoms with Gasteiger partial charge in [-0.1, -0.05) is 53.6 Å². The van der Waals surface area contributed by atoms with Gasteiger partial charge in [-0.25, -0.2) is 0 Å². The molecule has 1 unspecified atom stereocenters. The first-order valence-electron chi connectivity index (χ1n) is 6.14. The first-order valence-corrected chi connectivity index (χ1v) is 6.14. The van der Waals surface area contributed by atoms with E-state index in [0.29, 0.717) is 12.2 Å². The zero-order chi connectivity index (χ0) is 14.2. The van der Waals surface area contributed by atoms with E-state index in [1.165, 1.54) is 0 Å². The van der Waals surface area contributed by atoms with Crippen molar-refractivity contribution in [2.24, 2.45) is 5.11 Å². The highest BCUT2D eigenvalue weighted by molar-refractivity contribution is 5.78. The number of carbonyl (C=O) groups is 1. The van der Waals surface area contributed by atoms with Crippen LogP contribution in [0.3, 0.4) is 0 Å². The number of nitrogens with zero attached hydrogens (tertiary/aromatic N) is 3. The Bertz CT molecular complexity index is 608. The van der Waals surface area contributed by atoms with E-state index in [1.54, 1.807) is 24.3 Å². The van der Waals surface area contributed by atoms with Crippen LogP contribution in [0.1, 0.15) is 5.56 Å². The molecule has 0 spiro atoms. The number of para-hydroxylation sites is 1. The average molecular weight is 267 g/mol. The van der Waals surface area contributed by atoms with Gasteiger partial charge < -0.3 is 4.74 Å².